The van der Waals surface area contributed by atoms with E-state index in [0.29, 0.717) is 24.3 Å². The number of hydrogen-bond donors (Lipinski definition) is 1. The Hall–Kier alpha value is -1.38. The number of ether oxygens (including phenoxy) is 1. The molecule has 1 N–H and O–H groups in total. The molecule has 0 unspecified atom stereocenters. The van der Waals surface area contributed by atoms with Gasteiger partial charge in [0.15, 0.2) is 0 Å². The van der Waals surface area contributed by atoms with Gasteiger partial charge in [-0.1, -0.05) is 17.8 Å². The van der Waals surface area contributed by atoms with Gasteiger partial charge in [0.05, 0.1) is 16.7 Å². The van der Waals surface area contributed by atoms with Crippen LogP contribution >= 0.6 is 23.1 Å². The van der Waals surface area contributed by atoms with Gasteiger partial charge < -0.3 is 14.5 Å². The number of aromatic nitrogens is 2. The number of nitrogens with zero attached hydrogens (tertiary/aromatic N) is 2. The maximum Gasteiger partial charge on any atom is 0.277 e. The molecule has 0 aliphatic rings. The monoisotopic (exact) mass is 313 g/mol. The summed E-state index contributed by atoms with van der Waals surface area (Å²) in [6.07, 6.45) is 0. The Balaban J connectivity index is 1.88. The zero-order valence-corrected chi connectivity index (χ0v) is 12.8. The van der Waals surface area contributed by atoms with Crippen LogP contribution in [0.25, 0.3) is 10.8 Å². The normalized spacial score (nSPS) is 12.3. The van der Waals surface area contributed by atoms with Crippen LogP contribution in [0.4, 0.5) is 0 Å². The molecule has 0 saturated heterocycles. The van der Waals surface area contributed by atoms with Crippen LogP contribution in [0.2, 0.25) is 0 Å². The molecular weight excluding hydrogens is 298 g/mol. The van der Waals surface area contributed by atoms with E-state index in [1.807, 2.05) is 17.5 Å². The highest BCUT2D eigenvalue weighted by molar-refractivity contribution is 8.00. The van der Waals surface area contributed by atoms with Gasteiger partial charge in [0.25, 0.3) is 11.1 Å². The molecule has 0 fully saturated rings. The van der Waals surface area contributed by atoms with Crippen molar-refractivity contribution in [3.63, 3.8) is 0 Å². The van der Waals surface area contributed by atoms with Gasteiger partial charge in [0.1, 0.15) is 0 Å². The highest BCUT2D eigenvalue weighted by atomic mass is 32.2. The van der Waals surface area contributed by atoms with Crippen LogP contribution in [0.5, 0.6) is 0 Å². The van der Waals surface area contributed by atoms with Crippen molar-refractivity contribution in [2.45, 2.75) is 17.4 Å². The highest BCUT2D eigenvalue weighted by Crippen LogP contribution is 2.28. The molecule has 1 atom stereocenters. The molecule has 0 saturated carbocycles. The fourth-order valence-corrected chi connectivity index (χ4v) is 2.73. The Morgan fingerprint density at radius 2 is 2.45 bits per heavy atom. The minimum Gasteiger partial charge on any atom is -0.410 e. The van der Waals surface area contributed by atoms with Crippen molar-refractivity contribution in [2.24, 2.45) is 0 Å². The third-order valence-corrected chi connectivity index (χ3v) is 4.18. The predicted molar refractivity (Wildman–Crippen MR) is 77.8 cm³/mol. The van der Waals surface area contributed by atoms with Crippen molar-refractivity contribution < 1.29 is 13.9 Å². The summed E-state index contributed by atoms with van der Waals surface area (Å²) in [5.41, 5.74) is 0. The molecule has 20 heavy (non-hydrogen) atoms. The standard InChI is InChI=1S/C12H15N3O3S2/c1-8(10(16)13-5-6-17-2)20-12-15-14-11(18-12)9-4-3-7-19-9/h3-4,7-8H,5-6H2,1-2H3,(H,13,16)/t8-/m1/s1. The second kappa shape index (κ2) is 7.41. The summed E-state index contributed by atoms with van der Waals surface area (Å²) in [6.45, 7) is 2.78. The molecule has 2 aromatic heterocycles. The zero-order valence-electron chi connectivity index (χ0n) is 11.2. The Kier molecular flexibility index (Phi) is 5.57. The molecule has 0 spiro atoms. The Labute approximate surface area is 124 Å². The van der Waals surface area contributed by atoms with E-state index >= 15 is 0 Å². The molecule has 0 radical (unpaired) electrons. The van der Waals surface area contributed by atoms with Crippen LogP contribution in [0.15, 0.2) is 27.2 Å². The number of carbonyl (C=O) groups is 1. The number of carbonyl (C=O) groups excluding carboxylic acids is 1. The maximum absolute atomic E-state index is 11.8. The lowest BCUT2D eigenvalue weighted by atomic mass is 10.4. The lowest BCUT2D eigenvalue weighted by Crippen LogP contribution is -2.33. The number of hydrogen-bond acceptors (Lipinski definition) is 7. The SMILES string of the molecule is COCCNC(=O)[C@@H](C)Sc1nnc(-c2cccs2)o1. The van der Waals surface area contributed by atoms with Gasteiger partial charge in [-0.05, 0) is 18.4 Å². The van der Waals surface area contributed by atoms with Crippen LogP contribution in [-0.4, -0.2) is 41.6 Å². The first-order valence-electron chi connectivity index (χ1n) is 6.01. The second-order valence-electron chi connectivity index (χ2n) is 3.89. The van der Waals surface area contributed by atoms with Crippen LogP contribution < -0.4 is 5.32 Å². The highest BCUT2D eigenvalue weighted by Gasteiger charge is 2.18. The van der Waals surface area contributed by atoms with Gasteiger partial charge in [0, 0.05) is 13.7 Å². The average Bonchev–Trinajstić information content (AvgIpc) is 3.08. The summed E-state index contributed by atoms with van der Waals surface area (Å²) in [7, 11) is 1.59. The van der Waals surface area contributed by atoms with Crippen molar-refractivity contribution in [1.29, 1.82) is 0 Å². The minimum atomic E-state index is -0.302. The van der Waals surface area contributed by atoms with Gasteiger partial charge >= 0.3 is 0 Å². The molecule has 0 bridgehead atoms. The first kappa shape index (κ1) is 15.0. The molecule has 0 aromatic carbocycles. The smallest absolute Gasteiger partial charge is 0.277 e. The Morgan fingerprint density at radius 1 is 1.60 bits per heavy atom. The van der Waals surface area contributed by atoms with Crippen LogP contribution in [-0.2, 0) is 9.53 Å². The summed E-state index contributed by atoms with van der Waals surface area (Å²) in [4.78, 5) is 12.7. The van der Waals surface area contributed by atoms with E-state index in [9.17, 15) is 4.79 Å². The lowest BCUT2D eigenvalue weighted by molar-refractivity contribution is -0.120. The summed E-state index contributed by atoms with van der Waals surface area (Å²) in [5, 5.41) is 12.7. The largest absolute Gasteiger partial charge is 0.410 e. The number of thiophene rings is 1. The van der Waals surface area contributed by atoms with E-state index in [2.05, 4.69) is 15.5 Å². The third kappa shape index (κ3) is 4.06. The summed E-state index contributed by atoms with van der Waals surface area (Å²) in [5.74, 6) is 0.400. The summed E-state index contributed by atoms with van der Waals surface area (Å²) >= 11 is 2.77. The summed E-state index contributed by atoms with van der Waals surface area (Å²) < 4.78 is 10.4. The van der Waals surface area contributed by atoms with Gasteiger partial charge in [0.2, 0.25) is 5.91 Å². The molecule has 1 amide bonds. The van der Waals surface area contributed by atoms with Crippen molar-refractivity contribution in [1.82, 2.24) is 15.5 Å². The third-order valence-electron chi connectivity index (χ3n) is 2.39. The molecule has 8 heteroatoms. The van der Waals surface area contributed by atoms with Gasteiger partial charge in [-0.15, -0.1) is 21.5 Å². The van der Waals surface area contributed by atoms with Crippen molar-refractivity contribution in [2.75, 3.05) is 20.3 Å². The quantitative estimate of drug-likeness (QED) is 0.622. The van der Waals surface area contributed by atoms with E-state index in [4.69, 9.17) is 9.15 Å². The number of nitrogens with one attached hydrogen (secondary N) is 1. The first-order valence-corrected chi connectivity index (χ1v) is 7.77. The van der Waals surface area contributed by atoms with Gasteiger partial charge in [-0.25, -0.2) is 0 Å². The van der Waals surface area contributed by atoms with E-state index in [0.717, 1.165) is 4.88 Å². The predicted octanol–water partition coefficient (Wildman–Crippen LogP) is 2.04. The van der Waals surface area contributed by atoms with Crippen LogP contribution in [0.3, 0.4) is 0 Å². The molecule has 0 aliphatic heterocycles. The molecule has 2 rings (SSSR count). The molecule has 108 valence electrons. The van der Waals surface area contributed by atoms with E-state index < -0.39 is 0 Å². The summed E-state index contributed by atoms with van der Waals surface area (Å²) in [6, 6.07) is 3.83. The Bertz CT molecular complexity index is 542. The molecule has 0 aliphatic carbocycles. The number of methoxy groups -OCH3 is 1. The van der Waals surface area contributed by atoms with E-state index in [1.54, 1.807) is 14.0 Å². The van der Waals surface area contributed by atoms with E-state index in [1.165, 1.54) is 23.1 Å². The van der Waals surface area contributed by atoms with Gasteiger partial charge in [-0.2, -0.15) is 0 Å². The van der Waals surface area contributed by atoms with Crippen LogP contribution in [0, 0.1) is 0 Å². The van der Waals surface area contributed by atoms with Crippen molar-refractivity contribution >= 4 is 29.0 Å². The first-order chi connectivity index (χ1) is 9.70. The minimum absolute atomic E-state index is 0.0806. The topological polar surface area (TPSA) is 77.2 Å². The molecule has 2 heterocycles. The number of rotatable bonds is 7. The lowest BCUT2D eigenvalue weighted by Gasteiger charge is -2.08. The van der Waals surface area contributed by atoms with Crippen LogP contribution in [0.1, 0.15) is 6.92 Å². The molecular formula is C12H15N3O3S2. The fourth-order valence-electron chi connectivity index (χ4n) is 1.38. The molecule has 2 aromatic rings. The second-order valence-corrected chi connectivity index (χ2v) is 6.13. The van der Waals surface area contributed by atoms with Crippen molar-refractivity contribution in [3.05, 3.63) is 17.5 Å². The number of amides is 1. The average molecular weight is 313 g/mol. The fraction of sp³-hybridized carbons (Fsp3) is 0.417. The zero-order chi connectivity index (χ0) is 14.4. The number of thioether (sulfide) groups is 1. The van der Waals surface area contributed by atoms with Crippen molar-refractivity contribution in [3.8, 4) is 10.8 Å². The maximum atomic E-state index is 11.8. The van der Waals surface area contributed by atoms with Gasteiger partial charge in [-0.3, -0.25) is 4.79 Å². The molecule has 6 nitrogen and oxygen atoms in total. The van der Waals surface area contributed by atoms with E-state index in [-0.39, 0.29) is 11.2 Å². The Morgan fingerprint density at radius 3 is 3.15 bits per heavy atom.